The maximum absolute atomic E-state index is 13.8. The fourth-order valence-corrected chi connectivity index (χ4v) is 4.64. The van der Waals surface area contributed by atoms with Crippen molar-refractivity contribution in [3.63, 3.8) is 0 Å². The number of benzene rings is 1. The van der Waals surface area contributed by atoms with Gasteiger partial charge < -0.3 is 10.2 Å². The maximum atomic E-state index is 13.8. The number of hydrogen-bond acceptors (Lipinski definition) is 3. The van der Waals surface area contributed by atoms with Gasteiger partial charge >= 0.3 is 6.18 Å². The summed E-state index contributed by atoms with van der Waals surface area (Å²) in [5.41, 5.74) is 1.44. The van der Waals surface area contributed by atoms with Gasteiger partial charge in [0, 0.05) is 37.5 Å². The lowest BCUT2D eigenvalue weighted by Crippen LogP contribution is -2.44. The number of alkyl halides is 3. The zero-order valence-electron chi connectivity index (χ0n) is 18.8. The Bertz CT molecular complexity index is 948. The summed E-state index contributed by atoms with van der Waals surface area (Å²) in [4.78, 5) is 14.5. The summed E-state index contributed by atoms with van der Waals surface area (Å²) >= 11 is 0. The van der Waals surface area contributed by atoms with Gasteiger partial charge in [-0.2, -0.15) is 18.3 Å². The van der Waals surface area contributed by atoms with Gasteiger partial charge in [0.2, 0.25) is 5.91 Å². The highest BCUT2D eigenvalue weighted by molar-refractivity contribution is 5.76. The molecule has 3 atom stereocenters. The number of halogens is 3. The van der Waals surface area contributed by atoms with Gasteiger partial charge in [0.05, 0.1) is 5.69 Å². The minimum atomic E-state index is -4.36. The standard InChI is InChI=1S/C24H31F3N4O/c1-23(2,3)19-14-20(24(25,26)27)31-21(28-19)13-18(29-31)17-11-12-30(15-17)22(32)10-9-16-7-5-4-6-8-16/h4-8,13,17,19-20,28H,9-12,14-15H2,1-3H3/t17-,19-,20+/m0/s1. The number of nitrogens with one attached hydrogen (secondary N) is 1. The molecule has 5 nitrogen and oxygen atoms in total. The van der Waals surface area contributed by atoms with E-state index in [9.17, 15) is 18.0 Å². The molecule has 0 radical (unpaired) electrons. The Morgan fingerprint density at radius 1 is 1.19 bits per heavy atom. The second-order valence-electron chi connectivity index (χ2n) is 10.1. The van der Waals surface area contributed by atoms with E-state index in [0.29, 0.717) is 43.9 Å². The van der Waals surface area contributed by atoms with Crippen molar-refractivity contribution in [1.29, 1.82) is 0 Å². The zero-order valence-corrected chi connectivity index (χ0v) is 18.8. The quantitative estimate of drug-likeness (QED) is 0.703. The fraction of sp³-hybridized carbons (Fsp3) is 0.583. The smallest absolute Gasteiger partial charge is 0.367 e. The Morgan fingerprint density at radius 3 is 2.56 bits per heavy atom. The molecule has 0 aliphatic carbocycles. The van der Waals surface area contributed by atoms with Gasteiger partial charge in [-0.3, -0.25) is 4.79 Å². The average molecular weight is 449 g/mol. The van der Waals surface area contributed by atoms with Crippen molar-refractivity contribution in [2.75, 3.05) is 18.4 Å². The first-order valence-electron chi connectivity index (χ1n) is 11.3. The van der Waals surface area contributed by atoms with Crippen LogP contribution >= 0.6 is 0 Å². The second kappa shape index (κ2) is 8.45. The largest absolute Gasteiger partial charge is 0.410 e. The number of hydrogen-bond donors (Lipinski definition) is 1. The number of anilines is 1. The maximum Gasteiger partial charge on any atom is 0.410 e. The van der Waals surface area contributed by atoms with Gasteiger partial charge in [0.1, 0.15) is 5.82 Å². The summed E-state index contributed by atoms with van der Waals surface area (Å²) in [6.07, 6.45) is -2.58. The van der Waals surface area contributed by atoms with Gasteiger partial charge in [0.15, 0.2) is 6.04 Å². The van der Waals surface area contributed by atoms with Crippen LogP contribution in [0.25, 0.3) is 0 Å². The lowest BCUT2D eigenvalue weighted by Gasteiger charge is -2.39. The molecule has 1 amide bonds. The highest BCUT2D eigenvalue weighted by Crippen LogP contribution is 2.44. The van der Waals surface area contributed by atoms with Crippen molar-refractivity contribution in [3.8, 4) is 0 Å². The number of fused-ring (bicyclic) bond motifs is 1. The first-order chi connectivity index (χ1) is 15.0. The minimum absolute atomic E-state index is 0.0439. The van der Waals surface area contributed by atoms with Crippen LogP contribution in [-0.2, 0) is 11.2 Å². The van der Waals surface area contributed by atoms with Crippen LogP contribution < -0.4 is 5.32 Å². The van der Waals surface area contributed by atoms with Gasteiger partial charge in [-0.05, 0) is 30.2 Å². The predicted molar refractivity (Wildman–Crippen MR) is 118 cm³/mol. The molecule has 0 bridgehead atoms. The number of carbonyl (C=O) groups excluding carboxylic acids is 1. The lowest BCUT2D eigenvalue weighted by molar-refractivity contribution is -0.175. The fourth-order valence-electron chi connectivity index (χ4n) is 4.64. The highest BCUT2D eigenvalue weighted by atomic mass is 19.4. The molecule has 1 aromatic carbocycles. The average Bonchev–Trinajstić information content (AvgIpc) is 3.37. The van der Waals surface area contributed by atoms with E-state index in [1.165, 1.54) is 0 Å². The van der Waals surface area contributed by atoms with Crippen molar-refractivity contribution in [2.45, 2.75) is 70.6 Å². The summed E-state index contributed by atoms with van der Waals surface area (Å²) in [6.45, 7) is 6.95. The van der Waals surface area contributed by atoms with Crippen LogP contribution in [0, 0.1) is 5.41 Å². The van der Waals surface area contributed by atoms with Crippen LogP contribution in [0.3, 0.4) is 0 Å². The molecule has 2 aromatic rings. The lowest BCUT2D eigenvalue weighted by atomic mass is 9.82. The Kier molecular flexibility index (Phi) is 5.98. The molecule has 0 saturated carbocycles. The Morgan fingerprint density at radius 2 is 1.91 bits per heavy atom. The van der Waals surface area contributed by atoms with Gasteiger partial charge in [-0.25, -0.2) is 4.68 Å². The normalized spacial score (nSPS) is 23.7. The molecular weight excluding hydrogens is 417 g/mol. The van der Waals surface area contributed by atoms with Gasteiger partial charge in [-0.15, -0.1) is 0 Å². The monoisotopic (exact) mass is 448 g/mol. The number of amides is 1. The van der Waals surface area contributed by atoms with E-state index in [-0.39, 0.29) is 29.7 Å². The highest BCUT2D eigenvalue weighted by Gasteiger charge is 2.48. The van der Waals surface area contributed by atoms with Crippen molar-refractivity contribution in [2.24, 2.45) is 5.41 Å². The molecule has 32 heavy (non-hydrogen) atoms. The van der Waals surface area contributed by atoms with Crippen LogP contribution in [0.4, 0.5) is 19.0 Å². The van der Waals surface area contributed by atoms with Crippen LogP contribution in [0.15, 0.2) is 36.4 Å². The molecule has 174 valence electrons. The number of rotatable bonds is 4. The van der Waals surface area contributed by atoms with E-state index < -0.39 is 12.2 Å². The van der Waals surface area contributed by atoms with Crippen LogP contribution in [0.1, 0.15) is 63.3 Å². The van der Waals surface area contributed by atoms with Gasteiger partial charge in [0.25, 0.3) is 0 Å². The number of nitrogens with zero attached hydrogens (tertiary/aromatic N) is 3. The summed E-state index contributed by atoms with van der Waals surface area (Å²) in [6, 6.07) is 9.68. The van der Waals surface area contributed by atoms with Crippen molar-refractivity contribution < 1.29 is 18.0 Å². The van der Waals surface area contributed by atoms with Crippen LogP contribution in [-0.4, -0.2) is 45.9 Å². The first kappa shape index (κ1) is 22.7. The van der Waals surface area contributed by atoms with Gasteiger partial charge in [-0.1, -0.05) is 51.1 Å². The third-order valence-corrected chi connectivity index (χ3v) is 6.68. The molecular formula is C24H31F3N4O. The Hall–Kier alpha value is -2.51. The van der Waals surface area contributed by atoms with E-state index in [1.807, 2.05) is 56.0 Å². The molecule has 0 spiro atoms. The molecule has 1 fully saturated rings. The first-order valence-corrected chi connectivity index (χ1v) is 11.3. The minimum Gasteiger partial charge on any atom is -0.367 e. The van der Waals surface area contributed by atoms with E-state index in [1.54, 1.807) is 6.07 Å². The molecule has 1 aromatic heterocycles. The van der Waals surface area contributed by atoms with E-state index in [0.717, 1.165) is 10.2 Å². The van der Waals surface area contributed by atoms with E-state index in [2.05, 4.69) is 10.4 Å². The summed E-state index contributed by atoms with van der Waals surface area (Å²) in [7, 11) is 0. The zero-order chi connectivity index (χ0) is 23.1. The molecule has 2 aliphatic rings. The summed E-state index contributed by atoms with van der Waals surface area (Å²) < 4.78 is 42.6. The molecule has 8 heteroatoms. The van der Waals surface area contributed by atoms with Crippen LogP contribution in [0.2, 0.25) is 0 Å². The number of carbonyl (C=O) groups is 1. The molecule has 3 heterocycles. The molecule has 2 aliphatic heterocycles. The molecule has 1 N–H and O–H groups in total. The third kappa shape index (κ3) is 4.79. The number of likely N-dealkylation sites (tertiary alicyclic amines) is 1. The summed E-state index contributed by atoms with van der Waals surface area (Å²) in [5.74, 6) is 0.458. The van der Waals surface area contributed by atoms with Crippen molar-refractivity contribution >= 4 is 11.7 Å². The molecule has 0 unspecified atom stereocenters. The topological polar surface area (TPSA) is 50.2 Å². The Balaban J connectivity index is 1.45. The molecule has 1 saturated heterocycles. The number of aromatic nitrogens is 2. The van der Waals surface area contributed by atoms with E-state index >= 15 is 0 Å². The third-order valence-electron chi connectivity index (χ3n) is 6.68. The van der Waals surface area contributed by atoms with Crippen molar-refractivity contribution in [3.05, 3.63) is 47.7 Å². The summed E-state index contributed by atoms with van der Waals surface area (Å²) in [5, 5.41) is 7.66. The van der Waals surface area contributed by atoms with Crippen molar-refractivity contribution in [1.82, 2.24) is 14.7 Å². The SMILES string of the molecule is CC(C)(C)[C@@H]1C[C@H](C(F)(F)F)n2nc([C@H]3CCN(C(=O)CCc4ccccc4)C3)cc2N1. The van der Waals surface area contributed by atoms with E-state index in [4.69, 9.17) is 0 Å². The predicted octanol–water partition coefficient (Wildman–Crippen LogP) is 5.17. The van der Waals surface area contributed by atoms with Crippen LogP contribution in [0.5, 0.6) is 0 Å². The molecule has 4 rings (SSSR count). The number of aryl methyl sites for hydroxylation is 1. The Labute approximate surface area is 187 Å². The second-order valence-corrected chi connectivity index (χ2v) is 10.1.